The molecule has 6 nitrogen and oxygen atoms in total. The molecule has 0 unspecified atom stereocenters. The van der Waals surface area contributed by atoms with Crippen LogP contribution in [0.3, 0.4) is 0 Å². The molecule has 1 atom stereocenters. The Balaban J connectivity index is 1.53. The number of nitrogens with zero attached hydrogens (tertiary/aromatic N) is 4. The maximum Gasteiger partial charge on any atom is 0.318 e. The van der Waals surface area contributed by atoms with E-state index < -0.39 is 0 Å². The molecule has 0 aromatic carbocycles. The normalized spacial score (nSPS) is 22.6. The maximum absolute atomic E-state index is 12.7. The summed E-state index contributed by atoms with van der Waals surface area (Å²) in [6, 6.07) is 6.30. The second-order valence-electron chi connectivity index (χ2n) is 6.62. The molecule has 23 heavy (non-hydrogen) atoms. The number of carbonyl (C=O) groups is 1. The minimum Gasteiger partial charge on any atom is -0.335 e. The summed E-state index contributed by atoms with van der Waals surface area (Å²) < 4.78 is 2.00. The van der Waals surface area contributed by atoms with Crippen molar-refractivity contribution in [2.75, 3.05) is 6.54 Å². The van der Waals surface area contributed by atoms with Crippen LogP contribution in [-0.4, -0.2) is 38.1 Å². The number of fused-ring (bicyclic) bond motifs is 1. The fraction of sp³-hybridized carbons (Fsp3) is 0.588. The van der Waals surface area contributed by atoms with Crippen LogP contribution >= 0.6 is 0 Å². The molecule has 6 heteroatoms. The minimum absolute atomic E-state index is 0.0241. The average molecular weight is 313 g/mol. The van der Waals surface area contributed by atoms with Gasteiger partial charge in [0.1, 0.15) is 0 Å². The summed E-state index contributed by atoms with van der Waals surface area (Å²) in [5, 5.41) is 11.8. The Labute approximate surface area is 135 Å². The highest BCUT2D eigenvalue weighted by Crippen LogP contribution is 2.31. The molecule has 0 spiro atoms. The van der Waals surface area contributed by atoms with E-state index in [1.165, 1.54) is 19.3 Å². The molecule has 1 saturated carbocycles. The molecule has 2 aromatic heterocycles. The fourth-order valence-corrected chi connectivity index (χ4v) is 3.87. The number of urea groups is 1. The number of amides is 2. The Morgan fingerprint density at radius 2 is 1.96 bits per heavy atom. The number of likely N-dealkylation sites (tertiary alicyclic amines) is 1. The van der Waals surface area contributed by atoms with Crippen LogP contribution < -0.4 is 5.32 Å². The molecule has 2 aliphatic rings. The monoisotopic (exact) mass is 313 g/mol. The predicted molar refractivity (Wildman–Crippen MR) is 87.1 cm³/mol. The van der Waals surface area contributed by atoms with Crippen molar-refractivity contribution in [3.63, 3.8) is 0 Å². The Hall–Kier alpha value is -2.11. The summed E-state index contributed by atoms with van der Waals surface area (Å²) >= 11 is 0. The number of hydrogen-bond donors (Lipinski definition) is 1. The fourth-order valence-electron chi connectivity index (χ4n) is 3.87. The van der Waals surface area contributed by atoms with E-state index in [1.54, 1.807) is 0 Å². The van der Waals surface area contributed by atoms with Gasteiger partial charge in [0.05, 0.1) is 6.04 Å². The first-order valence-corrected chi connectivity index (χ1v) is 8.70. The number of aromatic nitrogens is 3. The van der Waals surface area contributed by atoms with Gasteiger partial charge in [0.15, 0.2) is 11.5 Å². The van der Waals surface area contributed by atoms with Gasteiger partial charge in [-0.05, 0) is 37.8 Å². The number of rotatable bonds is 2. The topological polar surface area (TPSA) is 62.5 Å². The molecular formula is C17H23N5O. The highest BCUT2D eigenvalue weighted by Gasteiger charge is 2.34. The summed E-state index contributed by atoms with van der Waals surface area (Å²) in [4.78, 5) is 14.7. The van der Waals surface area contributed by atoms with E-state index in [2.05, 4.69) is 15.5 Å². The summed E-state index contributed by atoms with van der Waals surface area (Å²) in [7, 11) is 0. The van der Waals surface area contributed by atoms with Gasteiger partial charge in [-0.15, -0.1) is 10.2 Å². The summed E-state index contributed by atoms with van der Waals surface area (Å²) in [6.07, 6.45) is 9.91. The molecule has 2 fully saturated rings. The third-order valence-corrected chi connectivity index (χ3v) is 5.08. The second kappa shape index (κ2) is 6.18. The van der Waals surface area contributed by atoms with E-state index in [0.717, 1.165) is 43.7 Å². The SMILES string of the molecule is O=C(NC1CCCCC1)N1CCC[C@@H]1c1nnc2ccccn12. The predicted octanol–water partition coefficient (Wildman–Crippen LogP) is 2.91. The van der Waals surface area contributed by atoms with E-state index >= 15 is 0 Å². The van der Waals surface area contributed by atoms with Gasteiger partial charge in [0, 0.05) is 18.8 Å². The van der Waals surface area contributed by atoms with Gasteiger partial charge in [0.2, 0.25) is 0 Å². The molecule has 0 radical (unpaired) electrons. The maximum atomic E-state index is 12.7. The highest BCUT2D eigenvalue weighted by molar-refractivity contribution is 5.75. The molecule has 4 rings (SSSR count). The van der Waals surface area contributed by atoms with Crippen molar-refractivity contribution in [1.82, 2.24) is 24.8 Å². The zero-order chi connectivity index (χ0) is 15.6. The Morgan fingerprint density at radius 3 is 2.83 bits per heavy atom. The van der Waals surface area contributed by atoms with Crippen molar-refractivity contribution in [3.8, 4) is 0 Å². The lowest BCUT2D eigenvalue weighted by molar-refractivity contribution is 0.183. The average Bonchev–Trinajstić information content (AvgIpc) is 3.22. The van der Waals surface area contributed by atoms with Crippen molar-refractivity contribution in [2.45, 2.75) is 57.0 Å². The lowest BCUT2D eigenvalue weighted by Crippen LogP contribution is -2.45. The third kappa shape index (κ3) is 2.78. The van der Waals surface area contributed by atoms with Crippen LogP contribution in [0.4, 0.5) is 4.79 Å². The Morgan fingerprint density at radius 1 is 1.09 bits per heavy atom. The molecule has 1 aliphatic heterocycles. The third-order valence-electron chi connectivity index (χ3n) is 5.08. The Bertz CT molecular complexity index is 691. The van der Waals surface area contributed by atoms with Gasteiger partial charge >= 0.3 is 6.03 Å². The zero-order valence-electron chi connectivity index (χ0n) is 13.3. The van der Waals surface area contributed by atoms with Crippen LogP contribution in [0.1, 0.15) is 56.8 Å². The van der Waals surface area contributed by atoms with Crippen molar-refractivity contribution in [2.24, 2.45) is 0 Å². The molecule has 3 heterocycles. The first kappa shape index (κ1) is 14.5. The summed E-state index contributed by atoms with van der Waals surface area (Å²) in [5.41, 5.74) is 0.835. The lowest BCUT2D eigenvalue weighted by atomic mass is 9.96. The molecule has 2 amide bonds. The van der Waals surface area contributed by atoms with Crippen LogP contribution in [0, 0.1) is 0 Å². The number of carbonyl (C=O) groups excluding carboxylic acids is 1. The largest absolute Gasteiger partial charge is 0.335 e. The lowest BCUT2D eigenvalue weighted by Gasteiger charge is -2.28. The van der Waals surface area contributed by atoms with Gasteiger partial charge in [-0.3, -0.25) is 4.40 Å². The molecule has 0 bridgehead atoms. The second-order valence-corrected chi connectivity index (χ2v) is 6.62. The van der Waals surface area contributed by atoms with Crippen LogP contribution in [0.15, 0.2) is 24.4 Å². The summed E-state index contributed by atoms with van der Waals surface area (Å²) in [6.45, 7) is 0.797. The van der Waals surface area contributed by atoms with Crippen molar-refractivity contribution < 1.29 is 4.79 Å². The summed E-state index contributed by atoms with van der Waals surface area (Å²) in [5.74, 6) is 0.872. The van der Waals surface area contributed by atoms with Gasteiger partial charge in [-0.25, -0.2) is 4.79 Å². The van der Waals surface area contributed by atoms with Crippen LogP contribution in [0.2, 0.25) is 0 Å². The number of nitrogens with one attached hydrogen (secondary N) is 1. The first-order valence-electron chi connectivity index (χ1n) is 8.70. The van der Waals surface area contributed by atoms with E-state index in [4.69, 9.17) is 0 Å². The van der Waals surface area contributed by atoms with E-state index in [1.807, 2.05) is 33.7 Å². The Kier molecular flexibility index (Phi) is 3.89. The van der Waals surface area contributed by atoms with Crippen molar-refractivity contribution in [1.29, 1.82) is 0 Å². The van der Waals surface area contributed by atoms with E-state index in [-0.39, 0.29) is 12.1 Å². The van der Waals surface area contributed by atoms with Crippen molar-refractivity contribution in [3.05, 3.63) is 30.2 Å². The van der Waals surface area contributed by atoms with Gasteiger partial charge in [-0.1, -0.05) is 25.3 Å². The quantitative estimate of drug-likeness (QED) is 0.927. The van der Waals surface area contributed by atoms with Crippen molar-refractivity contribution >= 4 is 11.7 Å². The molecule has 122 valence electrons. The zero-order valence-corrected chi connectivity index (χ0v) is 13.3. The minimum atomic E-state index is 0.0241. The molecule has 1 saturated heterocycles. The number of pyridine rings is 1. The smallest absolute Gasteiger partial charge is 0.318 e. The molecule has 2 aromatic rings. The number of hydrogen-bond acceptors (Lipinski definition) is 3. The van der Waals surface area contributed by atoms with Crippen LogP contribution in [-0.2, 0) is 0 Å². The highest BCUT2D eigenvalue weighted by atomic mass is 16.2. The standard InChI is InChI=1S/C17H23N5O/c23-17(18-13-7-2-1-3-8-13)21-12-6-9-14(21)16-20-19-15-10-4-5-11-22(15)16/h4-5,10-11,13-14H,1-3,6-9,12H2,(H,18,23)/t14-/m1/s1. The molecule has 1 aliphatic carbocycles. The molecule has 1 N–H and O–H groups in total. The van der Waals surface area contributed by atoms with Crippen LogP contribution in [0.5, 0.6) is 0 Å². The van der Waals surface area contributed by atoms with Gasteiger partial charge < -0.3 is 10.2 Å². The first-order chi connectivity index (χ1) is 11.3. The van der Waals surface area contributed by atoms with E-state index in [9.17, 15) is 4.79 Å². The van der Waals surface area contributed by atoms with Gasteiger partial charge in [-0.2, -0.15) is 0 Å². The van der Waals surface area contributed by atoms with Crippen LogP contribution in [0.25, 0.3) is 5.65 Å². The van der Waals surface area contributed by atoms with E-state index in [0.29, 0.717) is 6.04 Å². The van der Waals surface area contributed by atoms with Gasteiger partial charge in [0.25, 0.3) is 0 Å². The molecular weight excluding hydrogens is 290 g/mol.